The van der Waals surface area contributed by atoms with E-state index in [1.807, 2.05) is 0 Å². The summed E-state index contributed by atoms with van der Waals surface area (Å²) in [6, 6.07) is 0.282. The lowest BCUT2D eigenvalue weighted by atomic mass is 9.92. The van der Waals surface area contributed by atoms with Gasteiger partial charge in [-0.25, -0.2) is 0 Å². The molecule has 1 saturated heterocycles. The van der Waals surface area contributed by atoms with Gasteiger partial charge in [-0.2, -0.15) is 0 Å². The van der Waals surface area contributed by atoms with Crippen LogP contribution in [0.5, 0.6) is 0 Å². The van der Waals surface area contributed by atoms with Crippen LogP contribution in [0.25, 0.3) is 0 Å². The molecular formula is C13H26N2O2. The maximum absolute atomic E-state index is 9.88. The van der Waals surface area contributed by atoms with E-state index in [0.29, 0.717) is 0 Å². The van der Waals surface area contributed by atoms with Crippen molar-refractivity contribution in [3.8, 4) is 0 Å². The zero-order chi connectivity index (χ0) is 12.1. The summed E-state index contributed by atoms with van der Waals surface area (Å²) in [5, 5.41) is 13.4. The smallest absolute Gasteiger partial charge is 0.0826 e. The molecular weight excluding hydrogens is 216 g/mol. The van der Waals surface area contributed by atoms with E-state index in [1.54, 1.807) is 0 Å². The lowest BCUT2D eigenvalue weighted by molar-refractivity contribution is -0.0297. The molecule has 0 aromatic rings. The van der Waals surface area contributed by atoms with E-state index in [2.05, 4.69) is 17.1 Å². The largest absolute Gasteiger partial charge is 0.392 e. The normalized spacial score (nSPS) is 36.0. The van der Waals surface area contributed by atoms with Crippen LogP contribution in [0.1, 0.15) is 32.6 Å². The minimum Gasteiger partial charge on any atom is -0.392 e. The highest BCUT2D eigenvalue weighted by atomic mass is 16.5. The molecule has 1 unspecified atom stereocenters. The van der Waals surface area contributed by atoms with E-state index in [0.717, 1.165) is 45.6 Å². The van der Waals surface area contributed by atoms with Gasteiger partial charge in [-0.3, -0.25) is 4.90 Å². The molecule has 4 nitrogen and oxygen atoms in total. The van der Waals surface area contributed by atoms with Crippen LogP contribution in [0.15, 0.2) is 0 Å². The van der Waals surface area contributed by atoms with E-state index in [1.165, 1.54) is 12.8 Å². The van der Waals surface area contributed by atoms with Crippen molar-refractivity contribution in [1.82, 2.24) is 10.2 Å². The van der Waals surface area contributed by atoms with E-state index < -0.39 is 0 Å². The molecule has 3 atom stereocenters. The molecule has 1 saturated carbocycles. The van der Waals surface area contributed by atoms with Gasteiger partial charge in [0.25, 0.3) is 0 Å². The minimum atomic E-state index is -0.158. The molecule has 1 heterocycles. The van der Waals surface area contributed by atoms with Crippen molar-refractivity contribution in [1.29, 1.82) is 0 Å². The fraction of sp³-hybridized carbons (Fsp3) is 1.00. The molecule has 2 N–H and O–H groups in total. The first kappa shape index (κ1) is 13.3. The number of likely N-dealkylation sites (N-methyl/N-ethyl adjacent to an activating group) is 1. The average molecular weight is 242 g/mol. The third-order valence-electron chi connectivity index (χ3n) is 4.01. The van der Waals surface area contributed by atoms with Crippen LogP contribution in [0.4, 0.5) is 0 Å². The zero-order valence-corrected chi connectivity index (χ0v) is 10.9. The highest BCUT2D eigenvalue weighted by Crippen LogP contribution is 2.18. The Bertz CT molecular complexity index is 225. The van der Waals surface area contributed by atoms with Gasteiger partial charge in [0.2, 0.25) is 0 Å². The van der Waals surface area contributed by atoms with E-state index in [-0.39, 0.29) is 18.2 Å². The standard InChI is InChI=1S/C13H26N2O2/c1-2-15-7-8-17-11(10-15)9-14-12-5-3-4-6-13(12)16/h11-14,16H,2-10H2,1H3/t11?,12-,13-/m1/s1. The Kier molecular flexibility index (Phi) is 5.22. The topological polar surface area (TPSA) is 44.7 Å². The van der Waals surface area contributed by atoms with Gasteiger partial charge in [0.1, 0.15) is 0 Å². The van der Waals surface area contributed by atoms with Crippen molar-refractivity contribution in [2.24, 2.45) is 0 Å². The van der Waals surface area contributed by atoms with Crippen LogP contribution in [-0.2, 0) is 4.74 Å². The molecule has 1 aliphatic heterocycles. The second-order valence-electron chi connectivity index (χ2n) is 5.25. The summed E-state index contributed by atoms with van der Waals surface area (Å²) in [6.45, 7) is 7.09. The lowest BCUT2D eigenvalue weighted by Crippen LogP contribution is -2.50. The summed E-state index contributed by atoms with van der Waals surface area (Å²) in [6.07, 6.45) is 4.59. The first-order chi connectivity index (χ1) is 8.29. The van der Waals surface area contributed by atoms with E-state index in [9.17, 15) is 5.11 Å². The molecule has 0 amide bonds. The Labute approximate surface area is 104 Å². The molecule has 2 fully saturated rings. The molecule has 0 radical (unpaired) electrons. The molecule has 0 aromatic heterocycles. The number of rotatable bonds is 4. The van der Waals surface area contributed by atoms with Crippen molar-refractivity contribution in [2.75, 3.05) is 32.8 Å². The zero-order valence-electron chi connectivity index (χ0n) is 10.9. The summed E-state index contributed by atoms with van der Waals surface area (Å²) in [5.41, 5.74) is 0. The van der Waals surface area contributed by atoms with E-state index in [4.69, 9.17) is 4.74 Å². The van der Waals surface area contributed by atoms with Crippen molar-refractivity contribution in [3.05, 3.63) is 0 Å². The Morgan fingerprint density at radius 1 is 1.35 bits per heavy atom. The fourth-order valence-corrected chi connectivity index (χ4v) is 2.82. The van der Waals surface area contributed by atoms with Crippen molar-refractivity contribution in [2.45, 2.75) is 50.9 Å². The number of nitrogens with one attached hydrogen (secondary N) is 1. The maximum atomic E-state index is 9.88. The molecule has 0 aromatic carbocycles. The molecule has 0 bridgehead atoms. The third-order valence-corrected chi connectivity index (χ3v) is 4.01. The molecule has 2 aliphatic rings. The Morgan fingerprint density at radius 2 is 2.18 bits per heavy atom. The quantitative estimate of drug-likeness (QED) is 0.758. The van der Waals surface area contributed by atoms with Crippen LogP contribution in [0.2, 0.25) is 0 Å². The lowest BCUT2D eigenvalue weighted by Gasteiger charge is -2.34. The van der Waals surface area contributed by atoms with Crippen molar-refractivity contribution < 1.29 is 9.84 Å². The Morgan fingerprint density at radius 3 is 2.94 bits per heavy atom. The van der Waals surface area contributed by atoms with Gasteiger partial charge >= 0.3 is 0 Å². The summed E-state index contributed by atoms with van der Waals surface area (Å²) in [4.78, 5) is 2.42. The summed E-state index contributed by atoms with van der Waals surface area (Å²) in [5.74, 6) is 0. The van der Waals surface area contributed by atoms with Gasteiger partial charge in [0, 0.05) is 25.7 Å². The second-order valence-corrected chi connectivity index (χ2v) is 5.25. The maximum Gasteiger partial charge on any atom is 0.0826 e. The van der Waals surface area contributed by atoms with Crippen LogP contribution in [-0.4, -0.2) is 61.0 Å². The molecule has 100 valence electrons. The molecule has 0 spiro atoms. The van der Waals surface area contributed by atoms with Gasteiger partial charge in [0.15, 0.2) is 0 Å². The van der Waals surface area contributed by atoms with Crippen LogP contribution in [0, 0.1) is 0 Å². The van der Waals surface area contributed by atoms with Gasteiger partial charge < -0.3 is 15.2 Å². The number of aliphatic hydroxyl groups excluding tert-OH is 1. The van der Waals surface area contributed by atoms with Crippen LogP contribution in [0.3, 0.4) is 0 Å². The van der Waals surface area contributed by atoms with Gasteiger partial charge in [0.05, 0.1) is 18.8 Å². The molecule has 1 aliphatic carbocycles. The first-order valence-electron chi connectivity index (χ1n) is 7.05. The van der Waals surface area contributed by atoms with Crippen LogP contribution < -0.4 is 5.32 Å². The highest BCUT2D eigenvalue weighted by Gasteiger charge is 2.25. The van der Waals surface area contributed by atoms with Crippen molar-refractivity contribution in [3.63, 3.8) is 0 Å². The Balaban J connectivity index is 1.69. The Hall–Kier alpha value is -0.160. The number of hydrogen-bond donors (Lipinski definition) is 2. The fourth-order valence-electron chi connectivity index (χ4n) is 2.82. The average Bonchev–Trinajstić information content (AvgIpc) is 2.38. The highest BCUT2D eigenvalue weighted by molar-refractivity contribution is 4.82. The van der Waals surface area contributed by atoms with E-state index >= 15 is 0 Å². The second kappa shape index (κ2) is 6.69. The van der Waals surface area contributed by atoms with Gasteiger partial charge in [-0.15, -0.1) is 0 Å². The first-order valence-corrected chi connectivity index (χ1v) is 7.05. The summed E-state index contributed by atoms with van der Waals surface area (Å²) >= 11 is 0. The number of aliphatic hydroxyl groups is 1. The number of morpholine rings is 1. The predicted molar refractivity (Wildman–Crippen MR) is 68.1 cm³/mol. The monoisotopic (exact) mass is 242 g/mol. The molecule has 4 heteroatoms. The SMILES string of the molecule is CCN1CCOC(CN[C@@H]2CCCC[C@H]2O)C1. The number of ether oxygens (including phenoxy) is 1. The number of hydrogen-bond acceptors (Lipinski definition) is 4. The van der Waals surface area contributed by atoms with Crippen molar-refractivity contribution >= 4 is 0 Å². The van der Waals surface area contributed by atoms with Gasteiger partial charge in [-0.05, 0) is 19.4 Å². The summed E-state index contributed by atoms with van der Waals surface area (Å²) < 4.78 is 5.75. The predicted octanol–water partition coefficient (Wildman–Crippen LogP) is 0.600. The van der Waals surface area contributed by atoms with Crippen LogP contribution >= 0.6 is 0 Å². The molecule has 17 heavy (non-hydrogen) atoms. The third kappa shape index (κ3) is 3.91. The number of nitrogens with zero attached hydrogens (tertiary/aromatic N) is 1. The van der Waals surface area contributed by atoms with Gasteiger partial charge in [-0.1, -0.05) is 19.8 Å². The molecule has 2 rings (SSSR count). The minimum absolute atomic E-state index is 0.158. The summed E-state index contributed by atoms with van der Waals surface area (Å²) in [7, 11) is 0.